The van der Waals surface area contributed by atoms with E-state index in [4.69, 9.17) is 9.47 Å². The summed E-state index contributed by atoms with van der Waals surface area (Å²) < 4.78 is 10.3. The molecule has 0 saturated carbocycles. The van der Waals surface area contributed by atoms with Crippen LogP contribution in [0, 0.1) is 0 Å². The number of esters is 1. The van der Waals surface area contributed by atoms with E-state index < -0.39 is 5.97 Å². The van der Waals surface area contributed by atoms with Gasteiger partial charge in [0.1, 0.15) is 11.5 Å². The van der Waals surface area contributed by atoms with Gasteiger partial charge in [0.05, 0.1) is 12.8 Å². The number of amides is 1. The number of methoxy groups -OCH3 is 1. The minimum absolute atomic E-state index is 0.0442. The molecular formula is C20H23NO4. The van der Waals surface area contributed by atoms with Crippen molar-refractivity contribution in [1.82, 2.24) is 0 Å². The lowest BCUT2D eigenvalue weighted by molar-refractivity contribution is -0.131. The molecule has 5 nitrogen and oxygen atoms in total. The number of rotatable bonds is 4. The minimum Gasteiger partial charge on any atom is -0.495 e. The highest BCUT2D eigenvalue weighted by Gasteiger charge is 2.17. The van der Waals surface area contributed by atoms with Gasteiger partial charge in [-0.3, -0.25) is 9.59 Å². The number of carbonyl (C=O) groups is 2. The predicted molar refractivity (Wildman–Crippen MR) is 97.4 cm³/mol. The Hall–Kier alpha value is -2.82. The van der Waals surface area contributed by atoms with Crippen LogP contribution in [0.3, 0.4) is 0 Å². The van der Waals surface area contributed by atoms with Gasteiger partial charge >= 0.3 is 5.97 Å². The Balaban J connectivity index is 2.23. The van der Waals surface area contributed by atoms with Gasteiger partial charge in [0, 0.05) is 12.5 Å². The van der Waals surface area contributed by atoms with Crippen LogP contribution in [0.4, 0.5) is 5.69 Å². The van der Waals surface area contributed by atoms with Gasteiger partial charge in [0.15, 0.2) is 0 Å². The zero-order valence-corrected chi connectivity index (χ0v) is 15.2. The van der Waals surface area contributed by atoms with Crippen LogP contribution >= 0.6 is 0 Å². The van der Waals surface area contributed by atoms with Crippen molar-refractivity contribution in [1.29, 1.82) is 0 Å². The summed E-state index contributed by atoms with van der Waals surface area (Å²) in [6, 6.07) is 12.1. The number of nitrogens with one attached hydrogen (secondary N) is 1. The van der Waals surface area contributed by atoms with Crippen LogP contribution in [0.5, 0.6) is 11.5 Å². The fraction of sp³-hybridized carbons (Fsp3) is 0.300. The molecule has 1 N–H and O–H groups in total. The summed E-state index contributed by atoms with van der Waals surface area (Å²) in [6.07, 6.45) is 0. The highest BCUT2D eigenvalue weighted by molar-refractivity contribution is 6.05. The van der Waals surface area contributed by atoms with Crippen molar-refractivity contribution in [3.63, 3.8) is 0 Å². The second kappa shape index (κ2) is 7.38. The van der Waals surface area contributed by atoms with Crippen LogP contribution in [0.15, 0.2) is 42.5 Å². The van der Waals surface area contributed by atoms with Crippen molar-refractivity contribution in [3.05, 3.63) is 53.6 Å². The van der Waals surface area contributed by atoms with Gasteiger partial charge < -0.3 is 14.8 Å². The number of hydrogen-bond acceptors (Lipinski definition) is 4. The topological polar surface area (TPSA) is 64.6 Å². The van der Waals surface area contributed by atoms with E-state index in [0.717, 1.165) is 5.56 Å². The fourth-order valence-electron chi connectivity index (χ4n) is 2.31. The van der Waals surface area contributed by atoms with E-state index in [1.165, 1.54) is 6.92 Å². The third-order valence-corrected chi connectivity index (χ3v) is 3.69. The molecule has 0 fully saturated rings. The predicted octanol–water partition coefficient (Wildman–Crippen LogP) is 4.17. The summed E-state index contributed by atoms with van der Waals surface area (Å²) in [4.78, 5) is 23.4. The first-order chi connectivity index (χ1) is 11.7. The summed E-state index contributed by atoms with van der Waals surface area (Å²) >= 11 is 0. The van der Waals surface area contributed by atoms with Crippen LogP contribution < -0.4 is 14.8 Å². The second-order valence-electron chi connectivity index (χ2n) is 6.74. The molecule has 0 aromatic heterocycles. The fourth-order valence-corrected chi connectivity index (χ4v) is 2.31. The van der Waals surface area contributed by atoms with Gasteiger partial charge in [0.25, 0.3) is 5.91 Å². The molecule has 0 saturated heterocycles. The summed E-state index contributed by atoms with van der Waals surface area (Å²) in [6.45, 7) is 7.64. The van der Waals surface area contributed by atoms with Crippen LogP contribution in [-0.4, -0.2) is 19.0 Å². The monoisotopic (exact) mass is 341 g/mol. The van der Waals surface area contributed by atoms with E-state index in [2.05, 4.69) is 26.1 Å². The molecule has 0 aliphatic rings. The summed E-state index contributed by atoms with van der Waals surface area (Å²) in [7, 11) is 1.57. The van der Waals surface area contributed by atoms with Gasteiger partial charge in [-0.25, -0.2) is 0 Å². The van der Waals surface area contributed by atoms with Crippen molar-refractivity contribution in [2.24, 2.45) is 0 Å². The first-order valence-electron chi connectivity index (χ1n) is 7.99. The molecule has 1 amide bonds. The number of anilines is 1. The van der Waals surface area contributed by atoms with Gasteiger partial charge in [-0.05, 0) is 47.4 Å². The molecule has 132 valence electrons. The highest BCUT2D eigenvalue weighted by atomic mass is 16.5. The van der Waals surface area contributed by atoms with Crippen LogP contribution in [0.2, 0.25) is 0 Å². The zero-order valence-electron chi connectivity index (χ0n) is 15.2. The van der Waals surface area contributed by atoms with E-state index in [9.17, 15) is 9.59 Å². The van der Waals surface area contributed by atoms with Crippen molar-refractivity contribution < 1.29 is 19.1 Å². The van der Waals surface area contributed by atoms with E-state index >= 15 is 0 Å². The Morgan fingerprint density at radius 1 is 1.00 bits per heavy atom. The van der Waals surface area contributed by atoms with Gasteiger partial charge in [0.2, 0.25) is 0 Å². The average molecular weight is 341 g/mol. The number of ether oxygens (including phenoxy) is 2. The molecule has 25 heavy (non-hydrogen) atoms. The number of hydrogen-bond donors (Lipinski definition) is 1. The Morgan fingerprint density at radius 2 is 1.64 bits per heavy atom. The van der Waals surface area contributed by atoms with Crippen molar-refractivity contribution >= 4 is 17.6 Å². The maximum atomic E-state index is 12.5. The summed E-state index contributed by atoms with van der Waals surface area (Å²) in [5.41, 5.74) is 2.12. The van der Waals surface area contributed by atoms with Crippen molar-refractivity contribution in [3.8, 4) is 11.5 Å². The molecule has 0 aliphatic carbocycles. The maximum absolute atomic E-state index is 12.5. The molecule has 0 unspecified atom stereocenters. The second-order valence-corrected chi connectivity index (χ2v) is 6.74. The molecule has 0 bridgehead atoms. The highest BCUT2D eigenvalue weighted by Crippen LogP contribution is 2.31. The molecular weight excluding hydrogens is 318 g/mol. The third-order valence-electron chi connectivity index (χ3n) is 3.69. The van der Waals surface area contributed by atoms with Gasteiger partial charge in [-0.2, -0.15) is 0 Å². The summed E-state index contributed by atoms with van der Waals surface area (Å²) in [5, 5.41) is 2.88. The molecule has 0 radical (unpaired) electrons. The van der Waals surface area contributed by atoms with Gasteiger partial charge in [-0.15, -0.1) is 0 Å². The molecule has 0 aliphatic heterocycles. The van der Waals surface area contributed by atoms with E-state index in [0.29, 0.717) is 22.7 Å². The molecule has 2 rings (SSSR count). The molecule has 0 spiro atoms. The first-order valence-corrected chi connectivity index (χ1v) is 7.99. The maximum Gasteiger partial charge on any atom is 0.308 e. The standard InChI is InChI=1S/C20H23NO4/c1-13(22)25-16-9-6-14(7-10-16)19(23)21-17-12-15(20(2,3)4)8-11-18(17)24-5/h6-12H,1-5H3,(H,21,23). The number of benzene rings is 2. The lowest BCUT2D eigenvalue weighted by atomic mass is 9.87. The lowest BCUT2D eigenvalue weighted by Crippen LogP contribution is -2.15. The largest absolute Gasteiger partial charge is 0.495 e. The van der Waals surface area contributed by atoms with Crippen LogP contribution in [0.1, 0.15) is 43.6 Å². The Bertz CT molecular complexity index is 773. The average Bonchev–Trinajstić information content (AvgIpc) is 2.54. The molecule has 0 heterocycles. The van der Waals surface area contributed by atoms with Crippen LogP contribution in [-0.2, 0) is 10.2 Å². The SMILES string of the molecule is COc1ccc(C(C)(C)C)cc1NC(=O)c1ccc(OC(C)=O)cc1. The number of carbonyl (C=O) groups excluding carboxylic acids is 2. The first kappa shape index (κ1) is 18.5. The third kappa shape index (κ3) is 4.83. The van der Waals surface area contributed by atoms with E-state index in [1.807, 2.05) is 18.2 Å². The van der Waals surface area contributed by atoms with Crippen LogP contribution in [0.25, 0.3) is 0 Å². The lowest BCUT2D eigenvalue weighted by Gasteiger charge is -2.21. The normalized spacial score (nSPS) is 10.9. The molecule has 5 heteroatoms. The van der Waals surface area contributed by atoms with Gasteiger partial charge in [-0.1, -0.05) is 26.8 Å². The molecule has 0 atom stereocenters. The minimum atomic E-state index is -0.402. The molecule has 2 aromatic carbocycles. The van der Waals surface area contributed by atoms with E-state index in [1.54, 1.807) is 31.4 Å². The van der Waals surface area contributed by atoms with E-state index in [-0.39, 0.29) is 11.3 Å². The van der Waals surface area contributed by atoms with Crippen molar-refractivity contribution in [2.45, 2.75) is 33.1 Å². The Morgan fingerprint density at radius 3 is 2.16 bits per heavy atom. The summed E-state index contributed by atoms with van der Waals surface area (Å²) in [5.74, 6) is 0.328. The van der Waals surface area contributed by atoms with Crippen molar-refractivity contribution in [2.75, 3.05) is 12.4 Å². The smallest absolute Gasteiger partial charge is 0.308 e. The molecule has 2 aromatic rings. The Labute approximate surface area is 148 Å². The quantitative estimate of drug-likeness (QED) is 0.669. The zero-order chi connectivity index (χ0) is 18.6. The Kier molecular flexibility index (Phi) is 5.47.